The number of rotatable bonds is 1. The fourth-order valence-corrected chi connectivity index (χ4v) is 1.34. The third kappa shape index (κ3) is 1.39. The molecule has 0 saturated carbocycles. The zero-order chi connectivity index (χ0) is 9.30. The van der Waals surface area contributed by atoms with E-state index in [4.69, 9.17) is 4.74 Å². The molecule has 0 aliphatic carbocycles. The summed E-state index contributed by atoms with van der Waals surface area (Å²) in [5.41, 5.74) is 0.807. The molecular weight excluding hydrogens is 222 g/mol. The summed E-state index contributed by atoms with van der Waals surface area (Å²) >= 11 is 3.20. The van der Waals surface area contributed by atoms with Gasteiger partial charge >= 0.3 is 0 Å². The largest absolute Gasteiger partial charge is 0.482 e. The number of hydrogen-bond donors (Lipinski definition) is 0. The summed E-state index contributed by atoms with van der Waals surface area (Å²) in [5.74, 6) is 0.570. The van der Waals surface area contributed by atoms with Crippen molar-refractivity contribution in [2.75, 3.05) is 7.11 Å². The molecule has 0 aliphatic rings. The Hall–Kier alpha value is -0.770. The summed E-state index contributed by atoms with van der Waals surface area (Å²) in [7, 11) is 3.39. The summed E-state index contributed by atoms with van der Waals surface area (Å²) in [4.78, 5) is 11.2. The first kappa shape index (κ1) is 9.32. The fraction of sp³-hybridized carbons (Fsp3) is 0.375. The zero-order valence-electron chi connectivity index (χ0n) is 7.22. The van der Waals surface area contributed by atoms with Crippen LogP contribution in [0.25, 0.3) is 0 Å². The summed E-state index contributed by atoms with van der Waals surface area (Å²) in [6, 6.07) is 1.46. The molecule has 0 saturated heterocycles. The van der Waals surface area contributed by atoms with Gasteiger partial charge in [-0.3, -0.25) is 4.79 Å². The smallest absolute Gasteiger partial charge is 0.199 e. The highest BCUT2D eigenvalue weighted by atomic mass is 79.9. The van der Waals surface area contributed by atoms with Crippen molar-refractivity contribution in [3.8, 4) is 5.88 Å². The third-order valence-corrected chi connectivity index (χ3v) is 2.80. The van der Waals surface area contributed by atoms with Gasteiger partial charge in [0.1, 0.15) is 0 Å². The van der Waals surface area contributed by atoms with Gasteiger partial charge in [-0.2, -0.15) is 0 Å². The van der Waals surface area contributed by atoms with Crippen LogP contribution in [0.4, 0.5) is 0 Å². The highest BCUT2D eigenvalue weighted by molar-refractivity contribution is 9.10. The van der Waals surface area contributed by atoms with Crippen LogP contribution in [0, 0.1) is 6.92 Å². The summed E-state index contributed by atoms with van der Waals surface area (Å²) in [6.45, 7) is 1.86. The SMILES string of the molecule is COc1cc(=O)c(Br)c(C)n1C. The minimum Gasteiger partial charge on any atom is -0.482 e. The molecule has 0 aromatic carbocycles. The van der Waals surface area contributed by atoms with Gasteiger partial charge in [-0.1, -0.05) is 0 Å². The standard InChI is InChI=1S/C8H10BrNO2/c1-5-8(9)6(11)4-7(12-3)10(5)2/h4H,1-3H3. The van der Waals surface area contributed by atoms with E-state index in [1.54, 1.807) is 7.11 Å². The Morgan fingerprint density at radius 1 is 1.58 bits per heavy atom. The van der Waals surface area contributed by atoms with Gasteiger partial charge in [0.2, 0.25) is 0 Å². The van der Waals surface area contributed by atoms with E-state index < -0.39 is 0 Å². The van der Waals surface area contributed by atoms with Crippen molar-refractivity contribution in [1.82, 2.24) is 4.57 Å². The first-order valence-corrected chi connectivity index (χ1v) is 4.27. The van der Waals surface area contributed by atoms with Gasteiger partial charge in [-0.05, 0) is 22.9 Å². The average Bonchev–Trinajstić information content (AvgIpc) is 2.08. The van der Waals surface area contributed by atoms with Crippen molar-refractivity contribution in [2.24, 2.45) is 7.05 Å². The van der Waals surface area contributed by atoms with Crippen LogP contribution in [0.3, 0.4) is 0 Å². The van der Waals surface area contributed by atoms with E-state index in [1.165, 1.54) is 6.07 Å². The molecule has 1 aromatic heterocycles. The lowest BCUT2D eigenvalue weighted by Crippen LogP contribution is -2.11. The van der Waals surface area contributed by atoms with Crippen molar-refractivity contribution in [1.29, 1.82) is 0 Å². The number of methoxy groups -OCH3 is 1. The molecule has 0 unspecified atom stereocenters. The summed E-state index contributed by atoms with van der Waals surface area (Å²) < 4.78 is 7.40. The summed E-state index contributed by atoms with van der Waals surface area (Å²) in [5, 5.41) is 0. The average molecular weight is 232 g/mol. The van der Waals surface area contributed by atoms with Crippen molar-refractivity contribution in [3.63, 3.8) is 0 Å². The first-order valence-electron chi connectivity index (χ1n) is 3.48. The van der Waals surface area contributed by atoms with Crippen LogP contribution in [0.1, 0.15) is 5.69 Å². The first-order chi connectivity index (χ1) is 5.57. The van der Waals surface area contributed by atoms with E-state index in [2.05, 4.69) is 15.9 Å². The molecule has 1 rings (SSSR count). The number of ether oxygens (including phenoxy) is 1. The molecule has 0 bridgehead atoms. The predicted molar refractivity (Wildman–Crippen MR) is 50.7 cm³/mol. The van der Waals surface area contributed by atoms with Gasteiger partial charge in [0.25, 0.3) is 0 Å². The summed E-state index contributed by atoms with van der Waals surface area (Å²) in [6.07, 6.45) is 0. The Morgan fingerprint density at radius 3 is 2.67 bits per heavy atom. The Balaban J connectivity index is 3.50. The second-order valence-electron chi connectivity index (χ2n) is 2.51. The number of nitrogens with zero attached hydrogens (tertiary/aromatic N) is 1. The minimum atomic E-state index is -0.0533. The maximum Gasteiger partial charge on any atom is 0.199 e. The molecule has 0 amide bonds. The highest BCUT2D eigenvalue weighted by Gasteiger charge is 2.06. The van der Waals surface area contributed by atoms with Gasteiger partial charge in [-0.25, -0.2) is 0 Å². The maximum absolute atomic E-state index is 11.2. The second-order valence-corrected chi connectivity index (χ2v) is 3.30. The molecule has 0 spiro atoms. The van der Waals surface area contributed by atoms with Crippen molar-refractivity contribution in [3.05, 3.63) is 26.5 Å². The maximum atomic E-state index is 11.2. The Labute approximate surface area is 79.1 Å². The van der Waals surface area contributed by atoms with Crippen LogP contribution in [0.2, 0.25) is 0 Å². The predicted octanol–water partition coefficient (Wildman–Crippen LogP) is 1.46. The Kier molecular flexibility index (Phi) is 2.57. The van der Waals surface area contributed by atoms with Crippen molar-refractivity contribution < 1.29 is 4.74 Å². The molecule has 12 heavy (non-hydrogen) atoms. The fourth-order valence-electron chi connectivity index (χ4n) is 0.959. The Bertz CT molecular complexity index is 357. The lowest BCUT2D eigenvalue weighted by atomic mass is 10.3. The molecule has 1 heterocycles. The van der Waals surface area contributed by atoms with E-state index in [0.29, 0.717) is 10.4 Å². The Morgan fingerprint density at radius 2 is 2.17 bits per heavy atom. The molecule has 66 valence electrons. The monoisotopic (exact) mass is 231 g/mol. The van der Waals surface area contributed by atoms with E-state index >= 15 is 0 Å². The minimum absolute atomic E-state index is 0.0533. The molecule has 4 heteroatoms. The molecule has 1 aromatic rings. The molecule has 0 atom stereocenters. The number of halogens is 1. The third-order valence-electron chi connectivity index (χ3n) is 1.83. The van der Waals surface area contributed by atoms with E-state index in [9.17, 15) is 4.79 Å². The zero-order valence-corrected chi connectivity index (χ0v) is 8.81. The van der Waals surface area contributed by atoms with E-state index in [1.807, 2.05) is 18.5 Å². The lowest BCUT2D eigenvalue weighted by molar-refractivity contribution is 0.375. The molecule has 0 aliphatic heterocycles. The van der Waals surface area contributed by atoms with Crippen molar-refractivity contribution in [2.45, 2.75) is 6.92 Å². The lowest BCUT2D eigenvalue weighted by Gasteiger charge is -2.10. The number of aromatic nitrogens is 1. The van der Waals surface area contributed by atoms with Crippen molar-refractivity contribution >= 4 is 15.9 Å². The van der Waals surface area contributed by atoms with E-state index in [0.717, 1.165) is 5.69 Å². The normalized spacial score (nSPS) is 10.0. The van der Waals surface area contributed by atoms with E-state index in [-0.39, 0.29) is 5.43 Å². The molecule has 0 N–H and O–H groups in total. The topological polar surface area (TPSA) is 31.2 Å². The molecule has 0 fully saturated rings. The van der Waals surface area contributed by atoms with Crippen LogP contribution in [0.5, 0.6) is 5.88 Å². The number of pyridine rings is 1. The second kappa shape index (κ2) is 3.31. The molecule has 3 nitrogen and oxygen atoms in total. The number of hydrogen-bond acceptors (Lipinski definition) is 2. The highest BCUT2D eigenvalue weighted by Crippen LogP contribution is 2.15. The van der Waals surface area contributed by atoms with Crippen LogP contribution >= 0.6 is 15.9 Å². The van der Waals surface area contributed by atoms with Crippen LogP contribution in [-0.2, 0) is 7.05 Å². The van der Waals surface area contributed by atoms with Gasteiger partial charge in [0.15, 0.2) is 11.3 Å². The molecular formula is C8H10BrNO2. The van der Waals surface area contributed by atoms with Gasteiger partial charge < -0.3 is 9.30 Å². The van der Waals surface area contributed by atoms with Crippen LogP contribution < -0.4 is 10.2 Å². The van der Waals surface area contributed by atoms with Crippen LogP contribution in [0.15, 0.2) is 15.3 Å². The quantitative estimate of drug-likeness (QED) is 0.734. The molecule has 0 radical (unpaired) electrons. The van der Waals surface area contributed by atoms with Gasteiger partial charge in [0.05, 0.1) is 11.6 Å². The van der Waals surface area contributed by atoms with Gasteiger partial charge in [0, 0.05) is 18.8 Å². The van der Waals surface area contributed by atoms with Crippen LogP contribution in [-0.4, -0.2) is 11.7 Å². The van der Waals surface area contributed by atoms with Gasteiger partial charge in [-0.15, -0.1) is 0 Å².